The van der Waals surface area contributed by atoms with E-state index in [2.05, 4.69) is 0 Å². The molecule has 104 valence electrons. The standard InChI is InChI=1S/C14H16F2O3/c1-9-2-4-10(5-3-9)14(19,12(17)18)11-6-7-13(15,16)8-11/h2-5,11,19H,6-8H2,1H3,(H,17,18)/t11-,14+/m1/s1. The van der Waals surface area contributed by atoms with E-state index in [1.54, 1.807) is 12.1 Å². The maximum absolute atomic E-state index is 13.3. The van der Waals surface area contributed by atoms with Gasteiger partial charge in [0.05, 0.1) is 0 Å². The van der Waals surface area contributed by atoms with Gasteiger partial charge in [-0.05, 0) is 18.9 Å². The highest BCUT2D eigenvalue weighted by Gasteiger charge is 2.53. The first-order chi connectivity index (χ1) is 8.75. The molecular weight excluding hydrogens is 254 g/mol. The lowest BCUT2D eigenvalue weighted by Crippen LogP contribution is -2.42. The molecule has 0 spiro atoms. The number of aryl methyl sites for hydroxylation is 1. The van der Waals surface area contributed by atoms with Crippen LogP contribution in [-0.2, 0) is 10.4 Å². The zero-order chi connectivity index (χ0) is 14.3. The Bertz CT molecular complexity index is 484. The monoisotopic (exact) mass is 270 g/mol. The third kappa shape index (κ3) is 2.47. The number of benzene rings is 1. The summed E-state index contributed by atoms with van der Waals surface area (Å²) in [5.41, 5.74) is -1.17. The predicted octanol–water partition coefficient (Wildman–Crippen LogP) is 2.70. The van der Waals surface area contributed by atoms with Crippen molar-refractivity contribution in [1.82, 2.24) is 0 Å². The average Bonchev–Trinajstić information content (AvgIpc) is 2.69. The van der Waals surface area contributed by atoms with Crippen LogP contribution in [0.1, 0.15) is 30.4 Å². The SMILES string of the molecule is Cc1ccc([C@@](O)(C(=O)O)[C@@H]2CCC(F)(F)C2)cc1. The van der Waals surface area contributed by atoms with Crippen molar-refractivity contribution in [2.45, 2.75) is 37.7 Å². The van der Waals surface area contributed by atoms with Gasteiger partial charge in [-0.15, -0.1) is 0 Å². The highest BCUT2D eigenvalue weighted by Crippen LogP contribution is 2.47. The summed E-state index contributed by atoms with van der Waals surface area (Å²) < 4.78 is 26.5. The van der Waals surface area contributed by atoms with Crippen LogP contribution < -0.4 is 0 Å². The van der Waals surface area contributed by atoms with E-state index in [0.717, 1.165) is 5.56 Å². The Morgan fingerprint density at radius 1 is 1.37 bits per heavy atom. The molecule has 0 aliphatic heterocycles. The van der Waals surface area contributed by atoms with Crippen LogP contribution in [0.4, 0.5) is 8.78 Å². The number of carboxylic acids is 1. The lowest BCUT2D eigenvalue weighted by atomic mass is 9.80. The smallest absolute Gasteiger partial charge is 0.340 e. The van der Waals surface area contributed by atoms with Gasteiger partial charge in [0.15, 0.2) is 5.60 Å². The molecule has 19 heavy (non-hydrogen) atoms. The van der Waals surface area contributed by atoms with Gasteiger partial charge in [0.25, 0.3) is 0 Å². The molecule has 0 unspecified atom stereocenters. The van der Waals surface area contributed by atoms with Crippen molar-refractivity contribution in [2.75, 3.05) is 0 Å². The van der Waals surface area contributed by atoms with Crippen molar-refractivity contribution < 1.29 is 23.8 Å². The van der Waals surface area contributed by atoms with Crippen LogP contribution in [0.3, 0.4) is 0 Å². The molecule has 0 amide bonds. The summed E-state index contributed by atoms with van der Waals surface area (Å²) >= 11 is 0. The molecule has 0 bridgehead atoms. The number of carboxylic acid groups (broad SMARTS) is 1. The van der Waals surface area contributed by atoms with Gasteiger partial charge in [0.2, 0.25) is 5.92 Å². The number of aliphatic hydroxyl groups is 1. The molecule has 0 aromatic heterocycles. The topological polar surface area (TPSA) is 57.5 Å². The Morgan fingerprint density at radius 2 is 1.95 bits per heavy atom. The summed E-state index contributed by atoms with van der Waals surface area (Å²) in [5, 5.41) is 19.7. The first-order valence-corrected chi connectivity index (χ1v) is 6.16. The molecule has 1 saturated carbocycles. The van der Waals surface area contributed by atoms with E-state index in [4.69, 9.17) is 0 Å². The molecule has 0 radical (unpaired) electrons. The normalized spacial score (nSPS) is 24.9. The minimum absolute atomic E-state index is 0.00365. The molecule has 2 N–H and O–H groups in total. The van der Waals surface area contributed by atoms with Crippen LogP contribution in [-0.4, -0.2) is 22.1 Å². The number of alkyl halides is 2. The van der Waals surface area contributed by atoms with Crippen molar-refractivity contribution in [1.29, 1.82) is 0 Å². The maximum Gasteiger partial charge on any atom is 0.340 e. The van der Waals surface area contributed by atoms with E-state index in [1.807, 2.05) is 6.92 Å². The highest BCUT2D eigenvalue weighted by atomic mass is 19.3. The number of hydrogen-bond acceptors (Lipinski definition) is 2. The van der Waals surface area contributed by atoms with Crippen molar-refractivity contribution in [3.8, 4) is 0 Å². The predicted molar refractivity (Wildman–Crippen MR) is 65.0 cm³/mol. The summed E-state index contributed by atoms with van der Waals surface area (Å²) in [7, 11) is 0. The minimum Gasteiger partial charge on any atom is -0.479 e. The lowest BCUT2D eigenvalue weighted by molar-refractivity contribution is -0.167. The van der Waals surface area contributed by atoms with E-state index in [9.17, 15) is 23.8 Å². The molecular formula is C14H16F2O3. The first-order valence-electron chi connectivity index (χ1n) is 6.16. The quantitative estimate of drug-likeness (QED) is 0.887. The second-order valence-corrected chi connectivity index (χ2v) is 5.23. The Labute approximate surface area is 109 Å². The Balaban J connectivity index is 2.38. The fourth-order valence-corrected chi connectivity index (χ4v) is 2.65. The number of aliphatic carboxylic acids is 1. The van der Waals surface area contributed by atoms with E-state index >= 15 is 0 Å². The van der Waals surface area contributed by atoms with Crippen LogP contribution >= 0.6 is 0 Å². The van der Waals surface area contributed by atoms with Gasteiger partial charge in [0, 0.05) is 18.8 Å². The largest absolute Gasteiger partial charge is 0.479 e. The highest BCUT2D eigenvalue weighted by molar-refractivity contribution is 5.79. The van der Waals surface area contributed by atoms with Crippen LogP contribution in [0.5, 0.6) is 0 Å². The summed E-state index contributed by atoms with van der Waals surface area (Å²) in [6.07, 6.45) is -0.966. The molecule has 0 heterocycles. The molecule has 0 saturated heterocycles. The first kappa shape index (κ1) is 13.9. The van der Waals surface area contributed by atoms with Gasteiger partial charge >= 0.3 is 5.97 Å². The fraction of sp³-hybridized carbons (Fsp3) is 0.500. The molecule has 1 aromatic rings. The van der Waals surface area contributed by atoms with E-state index in [-0.39, 0.29) is 18.4 Å². The maximum atomic E-state index is 13.3. The summed E-state index contributed by atoms with van der Waals surface area (Å²) in [6.45, 7) is 1.83. The second kappa shape index (κ2) is 4.56. The van der Waals surface area contributed by atoms with Crippen LogP contribution in [0, 0.1) is 12.8 Å². The molecule has 2 atom stereocenters. The Kier molecular flexibility index (Phi) is 3.34. The zero-order valence-electron chi connectivity index (χ0n) is 10.6. The molecule has 2 rings (SSSR count). The lowest BCUT2D eigenvalue weighted by Gasteiger charge is -2.30. The number of rotatable bonds is 3. The van der Waals surface area contributed by atoms with Gasteiger partial charge in [0.1, 0.15) is 0 Å². The van der Waals surface area contributed by atoms with Crippen molar-refractivity contribution >= 4 is 5.97 Å². The van der Waals surface area contributed by atoms with E-state index in [1.165, 1.54) is 12.1 Å². The minimum atomic E-state index is -2.89. The third-order valence-electron chi connectivity index (χ3n) is 3.81. The van der Waals surface area contributed by atoms with Crippen LogP contribution in [0.2, 0.25) is 0 Å². The van der Waals surface area contributed by atoms with Gasteiger partial charge in [-0.2, -0.15) is 0 Å². The molecule has 1 aromatic carbocycles. The molecule has 1 aliphatic rings. The van der Waals surface area contributed by atoms with Crippen molar-refractivity contribution in [3.63, 3.8) is 0 Å². The van der Waals surface area contributed by atoms with E-state index < -0.39 is 29.8 Å². The summed E-state index contributed by atoms with van der Waals surface area (Å²) in [4.78, 5) is 11.4. The van der Waals surface area contributed by atoms with Gasteiger partial charge < -0.3 is 10.2 Å². The summed E-state index contributed by atoms with van der Waals surface area (Å²) in [5.74, 6) is -5.33. The fourth-order valence-electron chi connectivity index (χ4n) is 2.65. The van der Waals surface area contributed by atoms with E-state index in [0.29, 0.717) is 0 Å². The van der Waals surface area contributed by atoms with Crippen LogP contribution in [0.15, 0.2) is 24.3 Å². The van der Waals surface area contributed by atoms with Crippen molar-refractivity contribution in [2.24, 2.45) is 5.92 Å². The number of hydrogen-bond donors (Lipinski definition) is 2. The van der Waals surface area contributed by atoms with Gasteiger partial charge in [-0.1, -0.05) is 29.8 Å². The third-order valence-corrected chi connectivity index (χ3v) is 3.81. The Morgan fingerprint density at radius 3 is 2.37 bits per heavy atom. The molecule has 5 heteroatoms. The van der Waals surface area contributed by atoms with Crippen LogP contribution in [0.25, 0.3) is 0 Å². The van der Waals surface area contributed by atoms with Gasteiger partial charge in [-0.3, -0.25) is 0 Å². The zero-order valence-corrected chi connectivity index (χ0v) is 10.6. The Hall–Kier alpha value is -1.49. The molecule has 1 aliphatic carbocycles. The number of halogens is 2. The molecule has 3 nitrogen and oxygen atoms in total. The van der Waals surface area contributed by atoms with Gasteiger partial charge in [-0.25, -0.2) is 13.6 Å². The van der Waals surface area contributed by atoms with Crippen molar-refractivity contribution in [3.05, 3.63) is 35.4 Å². The second-order valence-electron chi connectivity index (χ2n) is 5.23. The average molecular weight is 270 g/mol. The summed E-state index contributed by atoms with van der Waals surface area (Å²) in [6, 6.07) is 6.30. The number of carbonyl (C=O) groups is 1. The molecule has 1 fully saturated rings.